The molecule has 0 bridgehead atoms. The minimum Gasteiger partial charge on any atom is -0.507 e. The van der Waals surface area contributed by atoms with Crippen LogP contribution in [0, 0.1) is 13.8 Å². The lowest BCUT2D eigenvalue weighted by Gasteiger charge is -2.29. The zero-order valence-corrected chi connectivity index (χ0v) is 22.2. The van der Waals surface area contributed by atoms with Gasteiger partial charge in [0.05, 0.1) is 31.9 Å². The topological polar surface area (TPSA) is 112 Å². The van der Waals surface area contributed by atoms with Gasteiger partial charge >= 0.3 is 5.97 Å². The van der Waals surface area contributed by atoms with Crippen LogP contribution < -0.4 is 0 Å². The molecular formula is C26H30BrN3O6. The highest BCUT2D eigenvalue weighted by molar-refractivity contribution is 9.10. The fraction of sp³-hybridized carbons (Fsp3) is 0.423. The van der Waals surface area contributed by atoms with E-state index in [1.54, 1.807) is 13.8 Å². The first kappa shape index (κ1) is 26.1. The first-order valence-electron chi connectivity index (χ1n) is 11.9. The molecule has 2 aliphatic rings. The smallest absolute Gasteiger partial charge is 0.354 e. The molecule has 36 heavy (non-hydrogen) atoms. The summed E-state index contributed by atoms with van der Waals surface area (Å²) >= 11 is 3.43. The van der Waals surface area contributed by atoms with Gasteiger partial charge in [-0.25, -0.2) is 4.79 Å². The summed E-state index contributed by atoms with van der Waals surface area (Å²) in [7, 11) is 1.27. The molecule has 2 aliphatic heterocycles. The van der Waals surface area contributed by atoms with Gasteiger partial charge in [0, 0.05) is 41.9 Å². The molecule has 1 aromatic carbocycles. The van der Waals surface area contributed by atoms with Crippen LogP contribution in [0.25, 0.3) is 5.76 Å². The standard InChI is InChI=1S/C26H30BrN3O6/c1-15-19(16(2)28-21(15)26(34)35-3)23(31)20-22(17-5-7-18(27)8-6-17)30(25(33)24(20)32)10-4-9-29-11-13-36-14-12-29/h5-8,22,28,31H,4,9-14H2,1-3H3/t22-/m1/s1. The van der Waals surface area contributed by atoms with Gasteiger partial charge in [0.2, 0.25) is 0 Å². The predicted molar refractivity (Wildman–Crippen MR) is 137 cm³/mol. The number of hydrogen-bond acceptors (Lipinski definition) is 7. The first-order valence-corrected chi connectivity index (χ1v) is 12.7. The minimum atomic E-state index is -0.752. The number of carbonyl (C=O) groups is 3. The van der Waals surface area contributed by atoms with Crippen molar-refractivity contribution in [3.05, 3.63) is 62.4 Å². The number of ketones is 1. The summed E-state index contributed by atoms with van der Waals surface area (Å²) in [4.78, 5) is 45.5. The molecule has 2 saturated heterocycles. The number of esters is 1. The number of benzene rings is 1. The Morgan fingerprint density at radius 3 is 2.47 bits per heavy atom. The molecule has 2 aromatic rings. The van der Waals surface area contributed by atoms with Gasteiger partial charge in [-0.1, -0.05) is 28.1 Å². The third kappa shape index (κ3) is 4.98. The zero-order valence-electron chi connectivity index (χ0n) is 20.6. The third-order valence-corrected chi connectivity index (χ3v) is 7.30. The van der Waals surface area contributed by atoms with Gasteiger partial charge in [0.15, 0.2) is 0 Å². The molecule has 192 valence electrons. The highest BCUT2D eigenvalue weighted by Crippen LogP contribution is 2.41. The summed E-state index contributed by atoms with van der Waals surface area (Å²) < 4.78 is 11.1. The summed E-state index contributed by atoms with van der Waals surface area (Å²) in [6, 6.07) is 6.59. The second-order valence-corrected chi connectivity index (χ2v) is 9.88. The molecule has 0 spiro atoms. The molecule has 0 unspecified atom stereocenters. The van der Waals surface area contributed by atoms with Gasteiger partial charge in [-0.3, -0.25) is 14.5 Å². The van der Waals surface area contributed by atoms with Crippen molar-refractivity contribution in [1.82, 2.24) is 14.8 Å². The monoisotopic (exact) mass is 559 g/mol. The molecule has 1 amide bonds. The number of carbonyl (C=O) groups excluding carboxylic acids is 3. The van der Waals surface area contributed by atoms with Crippen molar-refractivity contribution in [2.24, 2.45) is 0 Å². The van der Waals surface area contributed by atoms with Gasteiger partial charge in [-0.15, -0.1) is 0 Å². The number of amides is 1. The molecule has 4 rings (SSSR count). The Bertz CT molecular complexity index is 1200. The second-order valence-electron chi connectivity index (χ2n) is 8.97. The number of methoxy groups -OCH3 is 1. The number of Topliss-reactive ketones (excluding diaryl/α,β-unsaturated/α-hetero) is 1. The van der Waals surface area contributed by atoms with Crippen LogP contribution in [0.1, 0.15) is 45.3 Å². The number of aryl methyl sites for hydroxylation is 1. The first-order chi connectivity index (χ1) is 17.2. The van der Waals surface area contributed by atoms with Crippen molar-refractivity contribution >= 4 is 39.3 Å². The summed E-state index contributed by atoms with van der Waals surface area (Å²) in [5.41, 5.74) is 2.18. The van der Waals surface area contributed by atoms with Crippen LogP contribution in [-0.4, -0.2) is 84.1 Å². The number of aromatic amines is 1. The number of ether oxygens (including phenoxy) is 2. The van der Waals surface area contributed by atoms with E-state index in [1.165, 1.54) is 12.0 Å². The van der Waals surface area contributed by atoms with E-state index >= 15 is 0 Å². The SMILES string of the molecule is COC(=O)c1[nH]c(C)c(C(O)=C2C(=O)C(=O)N(CCCN3CCOCC3)[C@@H]2c2ccc(Br)cc2)c1C. The fourth-order valence-electron chi connectivity index (χ4n) is 4.94. The van der Waals surface area contributed by atoms with E-state index in [2.05, 4.69) is 25.8 Å². The lowest BCUT2D eigenvalue weighted by atomic mass is 9.94. The van der Waals surface area contributed by atoms with Crippen LogP contribution >= 0.6 is 15.9 Å². The number of aromatic nitrogens is 1. The second kappa shape index (κ2) is 11.0. The molecule has 1 atom stereocenters. The van der Waals surface area contributed by atoms with Crippen molar-refractivity contribution in [3.8, 4) is 0 Å². The van der Waals surface area contributed by atoms with Crippen molar-refractivity contribution in [3.63, 3.8) is 0 Å². The Labute approximate surface area is 218 Å². The van der Waals surface area contributed by atoms with Crippen molar-refractivity contribution in [2.45, 2.75) is 26.3 Å². The normalized spacial score (nSPS) is 20.2. The number of morpholine rings is 1. The number of likely N-dealkylation sites (tertiary alicyclic amines) is 1. The third-order valence-electron chi connectivity index (χ3n) is 6.77. The van der Waals surface area contributed by atoms with Crippen LogP contribution in [0.2, 0.25) is 0 Å². The van der Waals surface area contributed by atoms with E-state index in [1.807, 2.05) is 24.3 Å². The molecule has 2 N–H and O–H groups in total. The lowest BCUT2D eigenvalue weighted by molar-refractivity contribution is -0.140. The Balaban J connectivity index is 1.74. The number of aliphatic hydroxyl groups is 1. The number of aliphatic hydroxyl groups excluding tert-OH is 1. The van der Waals surface area contributed by atoms with E-state index < -0.39 is 23.7 Å². The van der Waals surface area contributed by atoms with Crippen LogP contribution in [0.4, 0.5) is 0 Å². The van der Waals surface area contributed by atoms with E-state index in [0.717, 1.165) is 24.1 Å². The van der Waals surface area contributed by atoms with E-state index in [-0.39, 0.29) is 17.0 Å². The molecule has 3 heterocycles. The Morgan fingerprint density at radius 2 is 1.83 bits per heavy atom. The number of halogens is 1. The summed E-state index contributed by atoms with van der Waals surface area (Å²) in [6.07, 6.45) is 0.675. The molecular weight excluding hydrogens is 530 g/mol. The van der Waals surface area contributed by atoms with E-state index in [0.29, 0.717) is 48.6 Å². The molecule has 0 aliphatic carbocycles. The average Bonchev–Trinajstić information content (AvgIpc) is 3.31. The maximum Gasteiger partial charge on any atom is 0.354 e. The number of hydrogen-bond donors (Lipinski definition) is 2. The van der Waals surface area contributed by atoms with Crippen molar-refractivity contribution in [1.29, 1.82) is 0 Å². The highest BCUT2D eigenvalue weighted by atomic mass is 79.9. The predicted octanol–water partition coefficient (Wildman–Crippen LogP) is 3.32. The summed E-state index contributed by atoms with van der Waals surface area (Å²) in [5.74, 6) is -2.28. The van der Waals surface area contributed by atoms with E-state index in [4.69, 9.17) is 9.47 Å². The molecule has 0 saturated carbocycles. The van der Waals surface area contributed by atoms with Crippen LogP contribution in [0.3, 0.4) is 0 Å². The van der Waals surface area contributed by atoms with Gasteiger partial charge < -0.3 is 24.5 Å². The Kier molecular flexibility index (Phi) is 7.97. The highest BCUT2D eigenvalue weighted by Gasteiger charge is 2.46. The maximum atomic E-state index is 13.3. The fourth-order valence-corrected chi connectivity index (χ4v) is 5.20. The maximum absolute atomic E-state index is 13.3. The molecule has 2 fully saturated rings. The number of H-pyrrole nitrogens is 1. The van der Waals surface area contributed by atoms with Crippen LogP contribution in [-0.2, 0) is 19.1 Å². The Hall–Kier alpha value is -2.95. The van der Waals surface area contributed by atoms with Gasteiger partial charge in [0.1, 0.15) is 11.5 Å². The number of nitrogens with zero attached hydrogens (tertiary/aromatic N) is 2. The molecule has 9 nitrogen and oxygen atoms in total. The number of rotatable bonds is 7. The van der Waals surface area contributed by atoms with Crippen LogP contribution in [0.15, 0.2) is 34.3 Å². The molecule has 10 heteroatoms. The quantitative estimate of drug-likeness (QED) is 0.231. The molecule has 0 radical (unpaired) electrons. The van der Waals surface area contributed by atoms with Gasteiger partial charge in [0.25, 0.3) is 11.7 Å². The lowest BCUT2D eigenvalue weighted by Crippen LogP contribution is -2.38. The Morgan fingerprint density at radius 1 is 1.17 bits per heavy atom. The largest absolute Gasteiger partial charge is 0.507 e. The van der Waals surface area contributed by atoms with Crippen molar-refractivity contribution in [2.75, 3.05) is 46.5 Å². The zero-order chi connectivity index (χ0) is 26.0. The minimum absolute atomic E-state index is 0.00955. The van der Waals surface area contributed by atoms with Gasteiger partial charge in [-0.2, -0.15) is 0 Å². The number of nitrogens with one attached hydrogen (secondary N) is 1. The van der Waals surface area contributed by atoms with Gasteiger partial charge in [-0.05, 0) is 43.5 Å². The van der Waals surface area contributed by atoms with Crippen molar-refractivity contribution < 1.29 is 29.0 Å². The average molecular weight is 560 g/mol. The van der Waals surface area contributed by atoms with Crippen LogP contribution in [0.5, 0.6) is 0 Å². The summed E-state index contributed by atoms with van der Waals surface area (Å²) in [6.45, 7) is 7.54. The van der Waals surface area contributed by atoms with E-state index in [9.17, 15) is 19.5 Å². The molecule has 1 aromatic heterocycles. The summed E-state index contributed by atoms with van der Waals surface area (Å²) in [5, 5.41) is 11.4.